The Labute approximate surface area is 178 Å². The molecule has 1 saturated heterocycles. The molecule has 1 fully saturated rings. The number of hydrogen-bond acceptors (Lipinski definition) is 4. The van der Waals surface area contributed by atoms with Crippen molar-refractivity contribution in [1.29, 1.82) is 0 Å². The number of anilines is 1. The number of amides is 2. The molecule has 2 amide bonds. The van der Waals surface area contributed by atoms with Gasteiger partial charge < -0.3 is 14.6 Å². The largest absolute Gasteiger partial charge is 0.465 e. The summed E-state index contributed by atoms with van der Waals surface area (Å²) in [5, 5.41) is 12.9. The van der Waals surface area contributed by atoms with Crippen LogP contribution in [-0.4, -0.2) is 49.6 Å². The number of nitrogens with zero attached hydrogens (tertiary/aromatic N) is 4. The number of rotatable bonds is 3. The van der Waals surface area contributed by atoms with Crippen LogP contribution in [0.5, 0.6) is 0 Å². The molecule has 0 radical (unpaired) electrons. The second-order valence-corrected chi connectivity index (χ2v) is 7.84. The number of benzene rings is 1. The monoisotopic (exact) mass is 427 g/mol. The Morgan fingerprint density at radius 3 is 2.87 bits per heavy atom. The van der Waals surface area contributed by atoms with Crippen LogP contribution in [-0.2, 0) is 0 Å². The number of carbonyl (C=O) groups is 2. The standard InChI is InChI=1S/C21H22ClN5O3/c1-13-11-14(8-9-23-13)19(28)25-20-24-17-7-4-6-16(22)18(17)27(20)15-5-2-3-10-26(12-15)21(29)30/h4,6-9,11,15H,2-3,5,10,12H2,1H3,(H,29,30)(H,24,25,28). The molecule has 3 aromatic rings. The van der Waals surface area contributed by atoms with Crippen LogP contribution >= 0.6 is 11.6 Å². The van der Waals surface area contributed by atoms with E-state index >= 15 is 0 Å². The number of aryl methyl sites for hydroxylation is 1. The summed E-state index contributed by atoms with van der Waals surface area (Å²) in [6, 6.07) is 8.55. The van der Waals surface area contributed by atoms with E-state index in [9.17, 15) is 14.7 Å². The number of likely N-dealkylation sites (tertiary alicyclic amines) is 1. The van der Waals surface area contributed by atoms with Gasteiger partial charge in [0.05, 0.1) is 22.1 Å². The van der Waals surface area contributed by atoms with E-state index in [1.165, 1.54) is 4.90 Å². The summed E-state index contributed by atoms with van der Waals surface area (Å²) in [6.45, 7) is 2.62. The molecule has 1 aliphatic rings. The van der Waals surface area contributed by atoms with Gasteiger partial charge in [-0.1, -0.05) is 17.7 Å². The lowest BCUT2D eigenvalue weighted by Crippen LogP contribution is -2.34. The second kappa shape index (κ2) is 8.31. The maximum atomic E-state index is 12.9. The molecule has 2 N–H and O–H groups in total. The van der Waals surface area contributed by atoms with Gasteiger partial charge in [0.2, 0.25) is 5.95 Å². The van der Waals surface area contributed by atoms with Crippen LogP contribution in [0, 0.1) is 6.92 Å². The number of hydrogen-bond donors (Lipinski definition) is 2. The summed E-state index contributed by atoms with van der Waals surface area (Å²) >= 11 is 6.50. The first-order valence-electron chi connectivity index (χ1n) is 9.82. The lowest BCUT2D eigenvalue weighted by atomic mass is 10.1. The molecule has 156 valence electrons. The van der Waals surface area contributed by atoms with Gasteiger partial charge in [0.15, 0.2) is 0 Å². The Morgan fingerprint density at radius 2 is 2.10 bits per heavy atom. The molecule has 0 spiro atoms. The summed E-state index contributed by atoms with van der Waals surface area (Å²) in [7, 11) is 0. The fourth-order valence-corrected chi connectivity index (χ4v) is 4.18. The molecule has 1 aromatic carbocycles. The van der Waals surface area contributed by atoms with Gasteiger partial charge >= 0.3 is 6.09 Å². The van der Waals surface area contributed by atoms with Crippen molar-refractivity contribution < 1.29 is 14.7 Å². The Kier molecular flexibility index (Phi) is 5.59. The Balaban J connectivity index is 1.77. The maximum Gasteiger partial charge on any atom is 0.407 e. The molecular formula is C21H22ClN5O3. The third-order valence-corrected chi connectivity index (χ3v) is 5.63. The molecule has 9 heteroatoms. The highest BCUT2D eigenvalue weighted by molar-refractivity contribution is 6.35. The molecule has 1 unspecified atom stereocenters. The van der Waals surface area contributed by atoms with Crippen molar-refractivity contribution in [2.45, 2.75) is 32.2 Å². The van der Waals surface area contributed by atoms with Crippen LogP contribution in [0.4, 0.5) is 10.7 Å². The van der Waals surface area contributed by atoms with Gasteiger partial charge in [0.25, 0.3) is 5.91 Å². The zero-order valence-corrected chi connectivity index (χ0v) is 17.3. The number of imidazole rings is 1. The van der Waals surface area contributed by atoms with Crippen molar-refractivity contribution in [2.24, 2.45) is 0 Å². The molecule has 4 rings (SSSR count). The van der Waals surface area contributed by atoms with Crippen LogP contribution in [0.2, 0.25) is 5.02 Å². The summed E-state index contributed by atoms with van der Waals surface area (Å²) in [5.41, 5.74) is 2.55. The quantitative estimate of drug-likeness (QED) is 0.647. The smallest absolute Gasteiger partial charge is 0.407 e. The van der Waals surface area contributed by atoms with Crippen LogP contribution in [0.1, 0.15) is 41.4 Å². The number of halogens is 1. The lowest BCUT2D eigenvalue weighted by molar-refractivity contribution is 0.102. The molecule has 1 atom stereocenters. The molecule has 0 bridgehead atoms. The summed E-state index contributed by atoms with van der Waals surface area (Å²) < 4.78 is 1.88. The van der Waals surface area contributed by atoms with E-state index in [0.717, 1.165) is 25.0 Å². The highest BCUT2D eigenvalue weighted by Crippen LogP contribution is 2.34. The maximum absolute atomic E-state index is 12.9. The Hall–Kier alpha value is -3.13. The number of carboxylic acid groups (broad SMARTS) is 1. The topological polar surface area (TPSA) is 100 Å². The number of pyridine rings is 1. The number of nitrogens with one attached hydrogen (secondary N) is 1. The van der Waals surface area contributed by atoms with E-state index in [1.54, 1.807) is 30.5 Å². The minimum absolute atomic E-state index is 0.192. The molecule has 0 saturated carbocycles. The average molecular weight is 428 g/mol. The van der Waals surface area contributed by atoms with Crippen LogP contribution in [0.25, 0.3) is 11.0 Å². The number of aromatic nitrogens is 3. The third kappa shape index (κ3) is 3.95. The predicted octanol–water partition coefficient (Wildman–Crippen LogP) is 4.35. The van der Waals surface area contributed by atoms with Gasteiger partial charge in [-0.2, -0.15) is 0 Å². The van der Waals surface area contributed by atoms with Crippen LogP contribution in [0.15, 0.2) is 36.5 Å². The van der Waals surface area contributed by atoms with Crippen molar-refractivity contribution in [3.05, 3.63) is 52.8 Å². The number of fused-ring (bicyclic) bond motifs is 1. The molecule has 3 heterocycles. The van der Waals surface area contributed by atoms with Crippen molar-refractivity contribution in [2.75, 3.05) is 18.4 Å². The zero-order valence-electron chi connectivity index (χ0n) is 16.5. The Morgan fingerprint density at radius 1 is 1.27 bits per heavy atom. The highest BCUT2D eigenvalue weighted by atomic mass is 35.5. The van der Waals surface area contributed by atoms with E-state index in [0.29, 0.717) is 40.7 Å². The van der Waals surface area contributed by atoms with E-state index in [2.05, 4.69) is 15.3 Å². The lowest BCUT2D eigenvalue weighted by Gasteiger charge is -2.25. The van der Waals surface area contributed by atoms with Crippen molar-refractivity contribution in [3.8, 4) is 0 Å². The van der Waals surface area contributed by atoms with E-state index < -0.39 is 6.09 Å². The van der Waals surface area contributed by atoms with Gasteiger partial charge in [-0.15, -0.1) is 0 Å². The molecule has 8 nitrogen and oxygen atoms in total. The fraction of sp³-hybridized carbons (Fsp3) is 0.333. The molecule has 2 aromatic heterocycles. The Bertz CT molecular complexity index is 1110. The molecular weight excluding hydrogens is 406 g/mol. The second-order valence-electron chi connectivity index (χ2n) is 7.43. The van der Waals surface area contributed by atoms with Crippen molar-refractivity contribution >= 4 is 40.6 Å². The summed E-state index contributed by atoms with van der Waals surface area (Å²) in [4.78, 5) is 34.6. The molecule has 0 aliphatic carbocycles. The average Bonchev–Trinajstić information content (AvgIpc) is 2.90. The van der Waals surface area contributed by atoms with Gasteiger partial charge in [-0.25, -0.2) is 9.78 Å². The minimum Gasteiger partial charge on any atom is -0.465 e. The summed E-state index contributed by atoms with van der Waals surface area (Å²) in [5.74, 6) is 0.0479. The minimum atomic E-state index is -0.949. The van der Waals surface area contributed by atoms with Crippen LogP contribution in [0.3, 0.4) is 0 Å². The molecule has 1 aliphatic heterocycles. The van der Waals surface area contributed by atoms with Gasteiger partial charge in [0.1, 0.15) is 0 Å². The number of carbonyl (C=O) groups excluding carboxylic acids is 1. The van der Waals surface area contributed by atoms with Gasteiger partial charge in [-0.3, -0.25) is 15.1 Å². The fourth-order valence-electron chi connectivity index (χ4n) is 3.91. The normalized spacial score (nSPS) is 17.0. The predicted molar refractivity (Wildman–Crippen MR) is 114 cm³/mol. The van der Waals surface area contributed by atoms with Crippen LogP contribution < -0.4 is 5.32 Å². The third-order valence-electron chi connectivity index (χ3n) is 5.33. The SMILES string of the molecule is Cc1cc(C(=O)Nc2nc3cccc(Cl)c3n2C2CCCCN(C(=O)O)C2)ccn1. The highest BCUT2D eigenvalue weighted by Gasteiger charge is 2.27. The van der Waals surface area contributed by atoms with E-state index in [1.807, 2.05) is 17.6 Å². The van der Waals surface area contributed by atoms with E-state index in [4.69, 9.17) is 11.6 Å². The molecule has 30 heavy (non-hydrogen) atoms. The first-order chi connectivity index (χ1) is 14.4. The van der Waals surface area contributed by atoms with Gasteiger partial charge in [0, 0.05) is 30.5 Å². The zero-order chi connectivity index (χ0) is 21.3. The van der Waals surface area contributed by atoms with Gasteiger partial charge in [-0.05, 0) is 50.5 Å². The van der Waals surface area contributed by atoms with Crippen molar-refractivity contribution in [1.82, 2.24) is 19.4 Å². The van der Waals surface area contributed by atoms with E-state index in [-0.39, 0.29) is 11.9 Å². The first kappa shape index (κ1) is 20.2. The first-order valence-corrected chi connectivity index (χ1v) is 10.2. The van der Waals surface area contributed by atoms with Crippen molar-refractivity contribution in [3.63, 3.8) is 0 Å². The summed E-state index contributed by atoms with van der Waals surface area (Å²) in [6.07, 6.45) is 3.06. The number of para-hydroxylation sites is 1.